The van der Waals surface area contributed by atoms with Gasteiger partial charge in [0.25, 0.3) is 0 Å². The number of benzene rings is 1. The fourth-order valence-electron chi connectivity index (χ4n) is 3.90. The third kappa shape index (κ3) is 3.67. The molecule has 1 unspecified atom stereocenters. The second-order valence-electron chi connectivity index (χ2n) is 7.86. The van der Waals surface area contributed by atoms with Crippen LogP contribution in [-0.4, -0.2) is 34.2 Å². The first-order valence-corrected chi connectivity index (χ1v) is 10.1. The van der Waals surface area contributed by atoms with E-state index in [0.717, 1.165) is 36.9 Å². The number of halogens is 1. The minimum atomic E-state index is -0.266. The van der Waals surface area contributed by atoms with Crippen LogP contribution >= 0.6 is 0 Å². The fraction of sp³-hybridized carbons (Fsp3) is 0.429. The molecule has 146 valence electrons. The molecule has 0 radical (unpaired) electrons. The highest BCUT2D eigenvalue weighted by atomic mass is 19.1. The zero-order valence-corrected chi connectivity index (χ0v) is 15.8. The van der Waals surface area contributed by atoms with Gasteiger partial charge in [-0.25, -0.2) is 9.37 Å². The summed E-state index contributed by atoms with van der Waals surface area (Å²) in [6, 6.07) is 8.43. The van der Waals surface area contributed by atoms with Crippen LogP contribution in [0.5, 0.6) is 0 Å². The van der Waals surface area contributed by atoms with Gasteiger partial charge in [0.05, 0.1) is 6.20 Å². The molecule has 28 heavy (non-hydrogen) atoms. The number of nitrogens with one attached hydrogen (secondary N) is 3. The molecule has 0 bridgehead atoms. The summed E-state index contributed by atoms with van der Waals surface area (Å²) in [6.45, 7) is 3.05. The summed E-state index contributed by atoms with van der Waals surface area (Å²) in [4.78, 5) is 4.86. The Balaban J connectivity index is 1.46. The maximum absolute atomic E-state index is 13.6. The van der Waals surface area contributed by atoms with Crippen LogP contribution < -0.4 is 16.0 Å². The zero-order valence-electron chi connectivity index (χ0n) is 15.8. The Hall–Kier alpha value is -2.67. The quantitative estimate of drug-likeness (QED) is 0.605. The van der Waals surface area contributed by atoms with Crippen molar-refractivity contribution in [2.75, 3.05) is 30.3 Å². The average Bonchev–Trinajstić information content (AvgIpc) is 3.46. The smallest absolute Gasteiger partial charge is 0.163 e. The maximum Gasteiger partial charge on any atom is 0.163 e. The molecular formula is C21H25FN6. The zero-order chi connectivity index (χ0) is 18.9. The van der Waals surface area contributed by atoms with E-state index in [1.165, 1.54) is 43.4 Å². The van der Waals surface area contributed by atoms with E-state index in [1.807, 2.05) is 22.8 Å². The standard InChI is InChI=1S/C21H25FN6/c22-16-4-1-5-17(9-16)26-20-10-19(24-12-14-3-2-8-23-11-14)27-21-18(15-6-7-15)13-25-28(20)21/h1,4-5,9-10,13-15,23,26H,2-3,6-8,11-12H2,(H,24,27). The first kappa shape index (κ1) is 17.4. The van der Waals surface area contributed by atoms with Gasteiger partial charge in [0.2, 0.25) is 0 Å². The molecule has 6 nitrogen and oxygen atoms in total. The van der Waals surface area contributed by atoms with Gasteiger partial charge < -0.3 is 16.0 Å². The predicted octanol–water partition coefficient (Wildman–Crippen LogP) is 3.90. The Bertz CT molecular complexity index is 974. The Labute approximate surface area is 163 Å². The van der Waals surface area contributed by atoms with E-state index in [2.05, 4.69) is 21.0 Å². The summed E-state index contributed by atoms with van der Waals surface area (Å²) in [5, 5.41) is 14.8. The number of anilines is 3. The molecular weight excluding hydrogens is 355 g/mol. The van der Waals surface area contributed by atoms with Gasteiger partial charge in [0.15, 0.2) is 5.65 Å². The second-order valence-corrected chi connectivity index (χ2v) is 7.86. The summed E-state index contributed by atoms with van der Waals surface area (Å²) >= 11 is 0. The van der Waals surface area contributed by atoms with E-state index in [9.17, 15) is 4.39 Å². The van der Waals surface area contributed by atoms with Crippen molar-refractivity contribution in [3.8, 4) is 0 Å². The Morgan fingerprint density at radius 1 is 1.21 bits per heavy atom. The van der Waals surface area contributed by atoms with Crippen LogP contribution in [0.15, 0.2) is 36.5 Å². The molecule has 2 aromatic heterocycles. The van der Waals surface area contributed by atoms with Crippen molar-refractivity contribution in [2.24, 2.45) is 5.92 Å². The molecule has 1 aliphatic heterocycles. The minimum Gasteiger partial charge on any atom is -0.370 e. The van der Waals surface area contributed by atoms with Crippen LogP contribution in [-0.2, 0) is 0 Å². The molecule has 3 N–H and O–H groups in total. The van der Waals surface area contributed by atoms with Crippen molar-refractivity contribution in [1.29, 1.82) is 0 Å². The van der Waals surface area contributed by atoms with Gasteiger partial charge in [-0.1, -0.05) is 6.07 Å². The molecule has 1 aliphatic carbocycles. The minimum absolute atomic E-state index is 0.266. The molecule has 1 saturated carbocycles. The van der Waals surface area contributed by atoms with Crippen LogP contribution in [0.2, 0.25) is 0 Å². The number of fused-ring (bicyclic) bond motifs is 1. The van der Waals surface area contributed by atoms with Crippen LogP contribution in [0.4, 0.5) is 21.7 Å². The van der Waals surface area contributed by atoms with Gasteiger partial charge in [-0.15, -0.1) is 0 Å². The van der Waals surface area contributed by atoms with Crippen molar-refractivity contribution in [1.82, 2.24) is 19.9 Å². The molecule has 1 atom stereocenters. The number of nitrogens with zero attached hydrogens (tertiary/aromatic N) is 3. The number of rotatable bonds is 6. The van der Waals surface area contributed by atoms with Crippen LogP contribution in [0.3, 0.4) is 0 Å². The molecule has 1 saturated heterocycles. The van der Waals surface area contributed by atoms with Gasteiger partial charge >= 0.3 is 0 Å². The predicted molar refractivity (Wildman–Crippen MR) is 109 cm³/mol. The highest BCUT2D eigenvalue weighted by molar-refractivity contribution is 5.66. The molecule has 3 aromatic rings. The largest absolute Gasteiger partial charge is 0.370 e. The highest BCUT2D eigenvalue weighted by Crippen LogP contribution is 2.42. The van der Waals surface area contributed by atoms with Crippen molar-refractivity contribution in [2.45, 2.75) is 31.6 Å². The topological polar surface area (TPSA) is 66.3 Å². The Kier molecular flexibility index (Phi) is 4.60. The van der Waals surface area contributed by atoms with Crippen molar-refractivity contribution < 1.29 is 4.39 Å². The molecule has 7 heteroatoms. The lowest BCUT2D eigenvalue weighted by molar-refractivity contribution is 0.392. The number of hydrogen-bond acceptors (Lipinski definition) is 5. The first-order valence-electron chi connectivity index (χ1n) is 10.1. The molecule has 3 heterocycles. The van der Waals surface area contributed by atoms with Crippen LogP contribution in [0.1, 0.15) is 37.2 Å². The van der Waals surface area contributed by atoms with E-state index >= 15 is 0 Å². The normalized spacial score (nSPS) is 19.7. The SMILES string of the molecule is Fc1cccc(Nc2cc(NCC3CCCNC3)nc3c(C4CC4)cnn23)c1. The molecule has 0 amide bonds. The number of hydrogen-bond donors (Lipinski definition) is 3. The lowest BCUT2D eigenvalue weighted by Gasteiger charge is -2.23. The molecule has 5 rings (SSSR count). The van der Waals surface area contributed by atoms with Crippen molar-refractivity contribution in [3.63, 3.8) is 0 Å². The molecule has 2 fully saturated rings. The van der Waals surface area contributed by atoms with E-state index in [-0.39, 0.29) is 5.82 Å². The Morgan fingerprint density at radius 2 is 2.14 bits per heavy atom. The highest BCUT2D eigenvalue weighted by Gasteiger charge is 2.28. The molecule has 2 aliphatic rings. The van der Waals surface area contributed by atoms with Gasteiger partial charge in [-0.2, -0.15) is 9.61 Å². The summed E-state index contributed by atoms with van der Waals surface area (Å²) in [5.41, 5.74) is 2.77. The van der Waals surface area contributed by atoms with E-state index in [1.54, 1.807) is 6.07 Å². The second kappa shape index (κ2) is 7.39. The van der Waals surface area contributed by atoms with Crippen molar-refractivity contribution in [3.05, 3.63) is 47.9 Å². The monoisotopic (exact) mass is 380 g/mol. The van der Waals surface area contributed by atoms with E-state index < -0.39 is 0 Å². The third-order valence-electron chi connectivity index (χ3n) is 5.58. The van der Waals surface area contributed by atoms with E-state index in [0.29, 0.717) is 17.5 Å². The van der Waals surface area contributed by atoms with E-state index in [4.69, 9.17) is 4.98 Å². The summed E-state index contributed by atoms with van der Waals surface area (Å²) in [7, 11) is 0. The number of aromatic nitrogens is 3. The van der Waals surface area contributed by atoms with Gasteiger partial charge in [-0.3, -0.25) is 0 Å². The Morgan fingerprint density at radius 3 is 2.93 bits per heavy atom. The van der Waals surface area contributed by atoms with Gasteiger partial charge in [0, 0.05) is 23.9 Å². The van der Waals surface area contributed by atoms with Gasteiger partial charge in [-0.05, 0) is 68.8 Å². The van der Waals surface area contributed by atoms with Crippen LogP contribution in [0, 0.1) is 11.7 Å². The maximum atomic E-state index is 13.6. The average molecular weight is 380 g/mol. The van der Waals surface area contributed by atoms with Crippen molar-refractivity contribution >= 4 is 23.0 Å². The third-order valence-corrected chi connectivity index (χ3v) is 5.58. The molecule has 0 spiro atoms. The fourth-order valence-corrected chi connectivity index (χ4v) is 3.90. The summed E-state index contributed by atoms with van der Waals surface area (Å²) in [5.74, 6) is 2.52. The summed E-state index contributed by atoms with van der Waals surface area (Å²) < 4.78 is 15.4. The van der Waals surface area contributed by atoms with Crippen LogP contribution in [0.25, 0.3) is 5.65 Å². The summed E-state index contributed by atoms with van der Waals surface area (Å²) in [6.07, 6.45) is 6.77. The number of piperidine rings is 1. The van der Waals surface area contributed by atoms with Gasteiger partial charge in [0.1, 0.15) is 17.5 Å². The molecule has 1 aromatic carbocycles. The first-order chi connectivity index (χ1) is 13.8. The lowest BCUT2D eigenvalue weighted by atomic mass is 10.00. The lowest BCUT2D eigenvalue weighted by Crippen LogP contribution is -2.33.